The Kier molecular flexibility index (Phi) is 6.94. The van der Waals surface area contributed by atoms with Gasteiger partial charge in [0.1, 0.15) is 6.04 Å². The number of imide groups is 1. The molecule has 0 saturated carbocycles. The fourth-order valence-electron chi connectivity index (χ4n) is 3.46. The highest BCUT2D eigenvalue weighted by Gasteiger charge is 2.31. The Hall–Kier alpha value is -3.23. The molecule has 0 aliphatic carbocycles. The van der Waals surface area contributed by atoms with Crippen LogP contribution in [0.2, 0.25) is 0 Å². The first-order chi connectivity index (χ1) is 14.0. The summed E-state index contributed by atoms with van der Waals surface area (Å²) in [7, 11) is 0. The van der Waals surface area contributed by atoms with Crippen molar-refractivity contribution in [3.05, 3.63) is 66.2 Å². The molecular formula is C21H25N5O3. The van der Waals surface area contributed by atoms with E-state index in [1.54, 1.807) is 0 Å². The summed E-state index contributed by atoms with van der Waals surface area (Å²) >= 11 is 0. The lowest BCUT2D eigenvalue weighted by Crippen LogP contribution is -2.53. The van der Waals surface area contributed by atoms with Crippen LogP contribution in [-0.4, -0.2) is 60.4 Å². The first-order valence-corrected chi connectivity index (χ1v) is 9.49. The molecule has 1 fully saturated rings. The number of piperazine rings is 1. The van der Waals surface area contributed by atoms with Crippen molar-refractivity contribution >= 4 is 23.5 Å². The Balaban J connectivity index is 1.58. The minimum atomic E-state index is -0.868. The van der Waals surface area contributed by atoms with Crippen LogP contribution in [0, 0.1) is 0 Å². The molecule has 1 saturated heterocycles. The summed E-state index contributed by atoms with van der Waals surface area (Å²) in [4.78, 5) is 40.1. The van der Waals surface area contributed by atoms with Crippen molar-refractivity contribution in [2.24, 2.45) is 5.73 Å². The highest BCUT2D eigenvalue weighted by molar-refractivity contribution is 5.96. The van der Waals surface area contributed by atoms with Crippen LogP contribution in [0.4, 0.5) is 10.5 Å². The van der Waals surface area contributed by atoms with Gasteiger partial charge in [-0.1, -0.05) is 48.5 Å². The third-order valence-electron chi connectivity index (χ3n) is 4.81. The fraction of sp³-hybridized carbons (Fsp3) is 0.286. The molecule has 1 atom stereocenters. The van der Waals surface area contributed by atoms with Crippen molar-refractivity contribution in [2.75, 3.05) is 38.0 Å². The molecule has 3 rings (SSSR count). The van der Waals surface area contributed by atoms with Crippen molar-refractivity contribution in [3.8, 4) is 0 Å². The molecule has 2 aromatic rings. The number of carbonyl (C=O) groups excluding carboxylic acids is 3. The van der Waals surface area contributed by atoms with E-state index < -0.39 is 18.0 Å². The average molecular weight is 395 g/mol. The Morgan fingerprint density at radius 2 is 1.48 bits per heavy atom. The standard InChI is InChI=1S/C21H25N5O3/c22-21(29)24-20(28)19(16-7-3-1-4-8-16)26-13-11-25(12-14-26)15-18(27)23-17-9-5-2-6-10-17/h1-10,19H,11-15H2,(H,23,27)(H3,22,24,28,29)/t19-/m1/s1. The SMILES string of the molecule is NC(=O)NC(=O)[C@@H](c1ccccc1)N1CCN(CC(=O)Nc2ccccc2)CC1. The quantitative estimate of drug-likeness (QED) is 0.681. The third-order valence-corrected chi connectivity index (χ3v) is 4.81. The Bertz CT molecular complexity index is 836. The van der Waals surface area contributed by atoms with Crippen LogP contribution in [-0.2, 0) is 9.59 Å². The number of primary amides is 1. The zero-order valence-corrected chi connectivity index (χ0v) is 16.1. The number of nitrogens with two attached hydrogens (primary N) is 1. The lowest BCUT2D eigenvalue weighted by molar-refractivity contribution is -0.127. The zero-order chi connectivity index (χ0) is 20.6. The third kappa shape index (κ3) is 5.87. The van der Waals surface area contributed by atoms with Gasteiger partial charge < -0.3 is 11.1 Å². The van der Waals surface area contributed by atoms with Crippen molar-refractivity contribution in [1.29, 1.82) is 0 Å². The number of rotatable bonds is 6. The molecule has 0 aromatic heterocycles. The summed E-state index contributed by atoms with van der Waals surface area (Å²) < 4.78 is 0. The van der Waals surface area contributed by atoms with Crippen molar-refractivity contribution in [2.45, 2.75) is 6.04 Å². The maximum Gasteiger partial charge on any atom is 0.318 e. The maximum absolute atomic E-state index is 12.6. The van der Waals surface area contributed by atoms with E-state index in [1.165, 1.54) is 0 Å². The van der Waals surface area contributed by atoms with Crippen LogP contribution in [0.3, 0.4) is 0 Å². The van der Waals surface area contributed by atoms with Crippen molar-refractivity contribution in [3.63, 3.8) is 0 Å². The van der Waals surface area contributed by atoms with Gasteiger partial charge in [-0.05, 0) is 17.7 Å². The molecule has 0 bridgehead atoms. The second-order valence-electron chi connectivity index (χ2n) is 6.89. The normalized spacial score (nSPS) is 16.0. The van der Waals surface area contributed by atoms with Gasteiger partial charge in [-0.3, -0.25) is 24.7 Å². The number of anilines is 1. The number of hydrogen-bond acceptors (Lipinski definition) is 5. The molecular weight excluding hydrogens is 370 g/mol. The van der Waals surface area contributed by atoms with Crippen LogP contribution >= 0.6 is 0 Å². The number of carbonyl (C=O) groups is 3. The molecule has 1 aliphatic heterocycles. The van der Waals surface area contributed by atoms with E-state index in [4.69, 9.17) is 5.73 Å². The van der Waals surface area contributed by atoms with E-state index in [9.17, 15) is 14.4 Å². The smallest absolute Gasteiger partial charge is 0.318 e. The Morgan fingerprint density at radius 1 is 0.897 bits per heavy atom. The predicted molar refractivity (Wildman–Crippen MR) is 110 cm³/mol. The molecule has 0 unspecified atom stereocenters. The monoisotopic (exact) mass is 395 g/mol. The van der Waals surface area contributed by atoms with Gasteiger partial charge in [0.25, 0.3) is 0 Å². The van der Waals surface area contributed by atoms with Crippen molar-refractivity contribution in [1.82, 2.24) is 15.1 Å². The summed E-state index contributed by atoms with van der Waals surface area (Å²) in [5, 5.41) is 5.07. The first-order valence-electron chi connectivity index (χ1n) is 9.49. The van der Waals surface area contributed by atoms with Crippen LogP contribution in [0.25, 0.3) is 0 Å². The van der Waals surface area contributed by atoms with Crippen LogP contribution < -0.4 is 16.4 Å². The predicted octanol–water partition coefficient (Wildman–Crippen LogP) is 1.18. The second-order valence-corrected chi connectivity index (χ2v) is 6.89. The fourth-order valence-corrected chi connectivity index (χ4v) is 3.46. The maximum atomic E-state index is 12.6. The van der Waals surface area contributed by atoms with Gasteiger partial charge in [0.2, 0.25) is 11.8 Å². The van der Waals surface area contributed by atoms with Gasteiger partial charge >= 0.3 is 6.03 Å². The Labute approximate surface area is 169 Å². The van der Waals surface area contributed by atoms with Crippen LogP contribution in [0.1, 0.15) is 11.6 Å². The summed E-state index contributed by atoms with van der Waals surface area (Å²) in [6, 6.07) is 17.1. The molecule has 152 valence electrons. The van der Waals surface area contributed by atoms with Gasteiger partial charge in [-0.25, -0.2) is 4.79 Å². The lowest BCUT2D eigenvalue weighted by atomic mass is 10.0. The van der Waals surface area contributed by atoms with Crippen molar-refractivity contribution < 1.29 is 14.4 Å². The second kappa shape index (κ2) is 9.81. The highest BCUT2D eigenvalue weighted by Crippen LogP contribution is 2.22. The van der Waals surface area contributed by atoms with Crippen LogP contribution in [0.5, 0.6) is 0 Å². The van der Waals surface area contributed by atoms with E-state index in [0.29, 0.717) is 26.2 Å². The molecule has 0 spiro atoms. The van der Waals surface area contributed by atoms with E-state index in [0.717, 1.165) is 11.3 Å². The molecule has 4 N–H and O–H groups in total. The van der Waals surface area contributed by atoms with E-state index in [1.807, 2.05) is 70.5 Å². The molecule has 8 nitrogen and oxygen atoms in total. The number of para-hydroxylation sites is 1. The van der Waals surface area contributed by atoms with E-state index in [2.05, 4.69) is 10.6 Å². The van der Waals surface area contributed by atoms with Gasteiger partial charge in [0.15, 0.2) is 0 Å². The molecule has 1 aliphatic rings. The Morgan fingerprint density at radius 3 is 2.07 bits per heavy atom. The largest absolute Gasteiger partial charge is 0.351 e. The topological polar surface area (TPSA) is 108 Å². The molecule has 8 heteroatoms. The first kappa shape index (κ1) is 20.5. The van der Waals surface area contributed by atoms with Gasteiger partial charge in [-0.2, -0.15) is 0 Å². The summed E-state index contributed by atoms with van der Waals surface area (Å²) in [5.41, 5.74) is 6.70. The molecule has 1 heterocycles. The molecule has 2 aromatic carbocycles. The van der Waals surface area contributed by atoms with Gasteiger partial charge in [-0.15, -0.1) is 0 Å². The van der Waals surface area contributed by atoms with Gasteiger partial charge in [0.05, 0.1) is 6.54 Å². The number of nitrogens with zero attached hydrogens (tertiary/aromatic N) is 2. The van der Waals surface area contributed by atoms with E-state index >= 15 is 0 Å². The highest BCUT2D eigenvalue weighted by atomic mass is 16.2. The summed E-state index contributed by atoms with van der Waals surface area (Å²) in [6.07, 6.45) is 0. The summed E-state index contributed by atoms with van der Waals surface area (Å²) in [5.74, 6) is -0.519. The number of hydrogen-bond donors (Lipinski definition) is 3. The average Bonchev–Trinajstić information content (AvgIpc) is 2.70. The van der Waals surface area contributed by atoms with E-state index in [-0.39, 0.29) is 12.5 Å². The minimum absolute atomic E-state index is 0.0734. The number of benzene rings is 2. The molecule has 4 amide bonds. The van der Waals surface area contributed by atoms with Crippen LogP contribution in [0.15, 0.2) is 60.7 Å². The number of amides is 4. The zero-order valence-electron chi connectivity index (χ0n) is 16.1. The molecule has 29 heavy (non-hydrogen) atoms. The lowest BCUT2D eigenvalue weighted by Gasteiger charge is -2.38. The van der Waals surface area contributed by atoms with Gasteiger partial charge in [0, 0.05) is 31.9 Å². The number of nitrogens with one attached hydrogen (secondary N) is 2. The summed E-state index contributed by atoms with van der Waals surface area (Å²) in [6.45, 7) is 2.73. The molecule has 0 radical (unpaired) electrons. The minimum Gasteiger partial charge on any atom is -0.351 e. The number of urea groups is 1.